The summed E-state index contributed by atoms with van der Waals surface area (Å²) >= 11 is 0. The van der Waals surface area contributed by atoms with Gasteiger partial charge in [0.15, 0.2) is 0 Å². The monoisotopic (exact) mass is 288 g/mol. The van der Waals surface area contributed by atoms with Crippen LogP contribution in [0.15, 0.2) is 18.2 Å². The second-order valence-corrected chi connectivity index (χ2v) is 5.18. The van der Waals surface area contributed by atoms with Crippen molar-refractivity contribution in [1.29, 1.82) is 0 Å². The van der Waals surface area contributed by atoms with Crippen LogP contribution in [0.5, 0.6) is 0 Å². The highest BCUT2D eigenvalue weighted by molar-refractivity contribution is 5.46. The average molecular weight is 288 g/mol. The number of nitrogen functional groups attached to an aromatic ring is 1. The van der Waals surface area contributed by atoms with E-state index in [1.807, 2.05) is 11.8 Å². The molecule has 1 aromatic rings. The zero-order chi connectivity index (χ0) is 14.8. The van der Waals surface area contributed by atoms with Crippen LogP contribution in [0.25, 0.3) is 0 Å². The van der Waals surface area contributed by atoms with E-state index in [2.05, 4.69) is 0 Å². The predicted molar refractivity (Wildman–Crippen MR) is 71.2 cm³/mol. The van der Waals surface area contributed by atoms with E-state index >= 15 is 0 Å². The Kier molecular flexibility index (Phi) is 4.55. The maximum atomic E-state index is 13.0. The lowest BCUT2D eigenvalue weighted by Crippen LogP contribution is -2.30. The third-order valence-electron chi connectivity index (χ3n) is 3.37. The molecule has 1 aliphatic rings. The summed E-state index contributed by atoms with van der Waals surface area (Å²) in [5.74, 6) is 0. The van der Waals surface area contributed by atoms with Gasteiger partial charge in [-0.1, -0.05) is 6.07 Å². The van der Waals surface area contributed by atoms with Gasteiger partial charge in [0, 0.05) is 31.9 Å². The molecule has 0 bridgehead atoms. The molecule has 0 aromatic heterocycles. The quantitative estimate of drug-likeness (QED) is 0.850. The topological polar surface area (TPSA) is 38.5 Å². The van der Waals surface area contributed by atoms with Crippen molar-refractivity contribution < 1.29 is 17.9 Å². The Morgan fingerprint density at radius 1 is 1.40 bits per heavy atom. The number of benzene rings is 1. The highest BCUT2D eigenvalue weighted by atomic mass is 19.4. The standard InChI is InChI=1S/C14H19F3N2O/c1-10-8-19(5-2-6-20-10)9-11-3-4-12(18)7-13(11)14(15,16)17/h3-4,7,10H,2,5-6,8-9,18H2,1H3. The van der Waals surface area contributed by atoms with Crippen LogP contribution in [0.1, 0.15) is 24.5 Å². The first kappa shape index (κ1) is 15.1. The highest BCUT2D eigenvalue weighted by Crippen LogP contribution is 2.34. The minimum Gasteiger partial charge on any atom is -0.399 e. The van der Waals surface area contributed by atoms with Gasteiger partial charge in [0.2, 0.25) is 0 Å². The third-order valence-corrected chi connectivity index (χ3v) is 3.37. The maximum absolute atomic E-state index is 13.0. The smallest absolute Gasteiger partial charge is 0.399 e. The highest BCUT2D eigenvalue weighted by Gasteiger charge is 2.34. The van der Waals surface area contributed by atoms with Crippen molar-refractivity contribution in [1.82, 2.24) is 4.90 Å². The van der Waals surface area contributed by atoms with Crippen LogP contribution in [-0.2, 0) is 17.5 Å². The fraction of sp³-hybridized carbons (Fsp3) is 0.571. The predicted octanol–water partition coefficient (Wildman–Crippen LogP) is 2.90. The van der Waals surface area contributed by atoms with Crippen molar-refractivity contribution in [3.05, 3.63) is 29.3 Å². The normalized spacial score (nSPS) is 21.7. The first-order valence-electron chi connectivity index (χ1n) is 6.66. The van der Waals surface area contributed by atoms with Crippen molar-refractivity contribution in [3.8, 4) is 0 Å². The molecule has 0 amide bonds. The number of halogens is 3. The second kappa shape index (κ2) is 6.01. The molecule has 1 unspecified atom stereocenters. The molecule has 1 atom stereocenters. The van der Waals surface area contributed by atoms with Gasteiger partial charge < -0.3 is 10.5 Å². The van der Waals surface area contributed by atoms with E-state index in [1.54, 1.807) is 0 Å². The van der Waals surface area contributed by atoms with E-state index < -0.39 is 11.7 Å². The fourth-order valence-corrected chi connectivity index (χ4v) is 2.46. The van der Waals surface area contributed by atoms with E-state index in [9.17, 15) is 13.2 Å². The zero-order valence-corrected chi connectivity index (χ0v) is 11.4. The molecule has 3 nitrogen and oxygen atoms in total. The average Bonchev–Trinajstić information content (AvgIpc) is 2.54. The Hall–Kier alpha value is -1.27. The van der Waals surface area contributed by atoms with Crippen LogP contribution in [0, 0.1) is 0 Å². The van der Waals surface area contributed by atoms with Crippen molar-refractivity contribution >= 4 is 5.69 Å². The molecule has 20 heavy (non-hydrogen) atoms. The van der Waals surface area contributed by atoms with Crippen LogP contribution in [0.3, 0.4) is 0 Å². The summed E-state index contributed by atoms with van der Waals surface area (Å²) in [5.41, 5.74) is 5.23. The Bertz CT molecular complexity index is 462. The van der Waals surface area contributed by atoms with Gasteiger partial charge in [-0.25, -0.2) is 0 Å². The van der Waals surface area contributed by atoms with Crippen molar-refractivity contribution in [3.63, 3.8) is 0 Å². The minimum absolute atomic E-state index is 0.0422. The Morgan fingerprint density at radius 3 is 2.85 bits per heavy atom. The number of rotatable bonds is 2. The number of nitrogens with zero attached hydrogens (tertiary/aromatic N) is 1. The molecule has 0 radical (unpaired) electrons. The number of nitrogens with two attached hydrogens (primary N) is 1. The molecule has 2 N–H and O–H groups in total. The maximum Gasteiger partial charge on any atom is 0.416 e. The van der Waals surface area contributed by atoms with E-state index in [-0.39, 0.29) is 23.9 Å². The first-order chi connectivity index (χ1) is 9.36. The van der Waals surface area contributed by atoms with Gasteiger partial charge in [0.1, 0.15) is 0 Å². The van der Waals surface area contributed by atoms with Gasteiger partial charge in [0.25, 0.3) is 0 Å². The summed E-state index contributed by atoms with van der Waals surface area (Å²) in [6.07, 6.45) is -3.50. The molecule has 1 fully saturated rings. The molecule has 0 aliphatic carbocycles. The molecule has 0 saturated carbocycles. The summed E-state index contributed by atoms with van der Waals surface area (Å²) in [4.78, 5) is 2.00. The first-order valence-corrected chi connectivity index (χ1v) is 6.66. The van der Waals surface area contributed by atoms with Crippen LogP contribution in [0.2, 0.25) is 0 Å². The van der Waals surface area contributed by atoms with Gasteiger partial charge in [-0.3, -0.25) is 4.90 Å². The lowest BCUT2D eigenvalue weighted by Gasteiger charge is -2.23. The van der Waals surface area contributed by atoms with Crippen LogP contribution in [0.4, 0.5) is 18.9 Å². The number of ether oxygens (including phenoxy) is 1. The molecular formula is C14H19F3N2O. The van der Waals surface area contributed by atoms with Crippen molar-refractivity contribution in [2.24, 2.45) is 0 Å². The Morgan fingerprint density at radius 2 is 2.15 bits per heavy atom. The molecule has 6 heteroatoms. The SMILES string of the molecule is CC1CN(Cc2ccc(N)cc2C(F)(F)F)CCCO1. The van der Waals surface area contributed by atoms with Crippen LogP contribution < -0.4 is 5.73 Å². The molecule has 1 aliphatic heterocycles. The molecule has 2 rings (SSSR count). The summed E-state index contributed by atoms with van der Waals surface area (Å²) in [6.45, 7) is 4.24. The zero-order valence-electron chi connectivity index (χ0n) is 11.4. The lowest BCUT2D eigenvalue weighted by molar-refractivity contribution is -0.138. The second-order valence-electron chi connectivity index (χ2n) is 5.18. The van der Waals surface area contributed by atoms with Crippen molar-refractivity contribution in [2.45, 2.75) is 32.2 Å². The molecule has 1 saturated heterocycles. The van der Waals surface area contributed by atoms with Crippen molar-refractivity contribution in [2.75, 3.05) is 25.4 Å². The van der Waals surface area contributed by atoms with E-state index in [0.29, 0.717) is 13.2 Å². The fourth-order valence-electron chi connectivity index (χ4n) is 2.46. The summed E-state index contributed by atoms with van der Waals surface area (Å²) < 4.78 is 44.6. The van der Waals surface area contributed by atoms with Gasteiger partial charge >= 0.3 is 6.18 Å². The largest absolute Gasteiger partial charge is 0.416 e. The van der Waals surface area contributed by atoms with Gasteiger partial charge in [-0.15, -0.1) is 0 Å². The summed E-state index contributed by atoms with van der Waals surface area (Å²) in [7, 11) is 0. The lowest BCUT2D eigenvalue weighted by atomic mass is 10.1. The minimum atomic E-state index is -4.38. The number of hydrogen-bond acceptors (Lipinski definition) is 3. The van der Waals surface area contributed by atoms with Gasteiger partial charge in [-0.2, -0.15) is 13.2 Å². The van der Waals surface area contributed by atoms with Crippen LogP contribution in [-0.4, -0.2) is 30.7 Å². The van der Waals surface area contributed by atoms with Gasteiger partial charge in [0.05, 0.1) is 11.7 Å². The molecule has 1 heterocycles. The molecule has 112 valence electrons. The number of alkyl halides is 3. The van der Waals surface area contributed by atoms with E-state index in [4.69, 9.17) is 10.5 Å². The number of hydrogen-bond donors (Lipinski definition) is 1. The van der Waals surface area contributed by atoms with Gasteiger partial charge in [-0.05, 0) is 31.0 Å². The third kappa shape index (κ3) is 3.86. The number of anilines is 1. The molecule has 0 spiro atoms. The van der Waals surface area contributed by atoms with E-state index in [1.165, 1.54) is 12.1 Å². The van der Waals surface area contributed by atoms with Crippen LogP contribution >= 0.6 is 0 Å². The Balaban J connectivity index is 2.20. The Labute approximate surface area is 116 Å². The van der Waals surface area contributed by atoms with E-state index in [0.717, 1.165) is 19.0 Å². The summed E-state index contributed by atoms with van der Waals surface area (Å²) in [5, 5.41) is 0. The summed E-state index contributed by atoms with van der Waals surface area (Å²) in [6, 6.07) is 3.99. The molecule has 1 aromatic carbocycles. The molecular weight excluding hydrogens is 269 g/mol.